The Labute approximate surface area is 119 Å². The molecule has 0 spiro atoms. The van der Waals surface area contributed by atoms with E-state index in [-0.39, 0.29) is 15.7 Å². The maximum absolute atomic E-state index is 13.2. The number of nitrogens with zero attached hydrogens (tertiary/aromatic N) is 2. The molecule has 0 radical (unpaired) electrons. The van der Waals surface area contributed by atoms with Gasteiger partial charge in [-0.25, -0.2) is 9.37 Å². The molecule has 1 aromatic heterocycles. The van der Waals surface area contributed by atoms with Gasteiger partial charge >= 0.3 is 0 Å². The molecule has 2 aromatic rings. The smallest absolute Gasteiger partial charge is 0.281 e. The van der Waals surface area contributed by atoms with Crippen LogP contribution in [0.5, 0.6) is 5.75 Å². The highest BCUT2D eigenvalue weighted by molar-refractivity contribution is 7.92. The van der Waals surface area contributed by atoms with Crippen LogP contribution in [0.15, 0.2) is 23.4 Å². The first-order valence-corrected chi connectivity index (χ1v) is 7.27. The van der Waals surface area contributed by atoms with Gasteiger partial charge in [0.1, 0.15) is 11.6 Å². The van der Waals surface area contributed by atoms with Crippen LogP contribution in [0.25, 0.3) is 0 Å². The third kappa shape index (κ3) is 2.70. The number of hydrogen-bond donors (Lipinski definition) is 2. The predicted molar refractivity (Wildman–Crippen MR) is 71.8 cm³/mol. The lowest BCUT2D eigenvalue weighted by molar-refractivity contribution is 0.476. The summed E-state index contributed by atoms with van der Waals surface area (Å²) < 4.78 is 40.9. The predicted octanol–water partition coefficient (Wildman–Crippen LogP) is 2.03. The summed E-state index contributed by atoms with van der Waals surface area (Å²) in [6.45, 7) is 1.63. The zero-order valence-electron chi connectivity index (χ0n) is 10.6. The number of phenolic OH excluding ortho intramolecular Hbond substituents is 1. The summed E-state index contributed by atoms with van der Waals surface area (Å²) in [7, 11) is -2.40. The molecule has 108 valence electrons. The molecular weight excluding hydrogens is 309 g/mol. The van der Waals surface area contributed by atoms with E-state index in [2.05, 4.69) is 4.98 Å². The Morgan fingerprint density at radius 3 is 2.65 bits per heavy atom. The number of sulfonamides is 1. The molecule has 6 nitrogen and oxygen atoms in total. The van der Waals surface area contributed by atoms with E-state index in [1.165, 1.54) is 10.8 Å². The first kappa shape index (κ1) is 14.6. The molecule has 0 fully saturated rings. The Bertz CT molecular complexity index is 754. The van der Waals surface area contributed by atoms with Crippen LogP contribution < -0.4 is 4.72 Å². The minimum Gasteiger partial charge on any atom is -0.504 e. The number of aryl methyl sites for hydroxylation is 2. The molecule has 2 rings (SSSR count). The number of hydrogen-bond acceptors (Lipinski definition) is 4. The quantitative estimate of drug-likeness (QED) is 0.848. The minimum atomic E-state index is -4.04. The highest BCUT2D eigenvalue weighted by atomic mass is 35.5. The number of nitrogens with one attached hydrogen (secondary N) is 1. The van der Waals surface area contributed by atoms with Gasteiger partial charge in [-0.15, -0.1) is 0 Å². The van der Waals surface area contributed by atoms with E-state index >= 15 is 0 Å². The molecule has 0 saturated heterocycles. The molecule has 2 N–H and O–H groups in total. The number of halogens is 2. The first-order chi connectivity index (χ1) is 9.20. The number of anilines is 1. The van der Waals surface area contributed by atoms with Crippen LogP contribution in [-0.2, 0) is 17.1 Å². The third-order valence-corrected chi connectivity index (χ3v) is 4.16. The Morgan fingerprint density at radius 1 is 1.45 bits per heavy atom. The van der Waals surface area contributed by atoms with Gasteiger partial charge in [0.2, 0.25) is 0 Å². The van der Waals surface area contributed by atoms with Gasteiger partial charge in [0.05, 0.1) is 10.7 Å². The van der Waals surface area contributed by atoms with E-state index in [4.69, 9.17) is 11.6 Å². The molecule has 20 heavy (non-hydrogen) atoms. The average Bonchev–Trinajstić information content (AvgIpc) is 2.66. The molecule has 0 aliphatic rings. The first-order valence-electron chi connectivity index (χ1n) is 5.41. The zero-order chi connectivity index (χ0) is 15.1. The zero-order valence-corrected chi connectivity index (χ0v) is 12.1. The van der Waals surface area contributed by atoms with E-state index in [1.807, 2.05) is 4.72 Å². The molecular formula is C11H11ClFN3O3S. The van der Waals surface area contributed by atoms with E-state index in [1.54, 1.807) is 14.0 Å². The van der Waals surface area contributed by atoms with E-state index in [0.29, 0.717) is 5.82 Å². The summed E-state index contributed by atoms with van der Waals surface area (Å²) in [6.07, 6.45) is 1.30. The van der Waals surface area contributed by atoms with Crippen molar-refractivity contribution in [2.24, 2.45) is 7.05 Å². The Balaban J connectivity index is 2.43. The van der Waals surface area contributed by atoms with Crippen molar-refractivity contribution < 1.29 is 17.9 Å². The standard InChI is InChI=1S/C11H11ClFN3O3S/c1-6-14-10(5-16(6)2)20(18,19)15-9-4-7(13)3-8(12)11(9)17/h3-5,15,17H,1-2H3. The summed E-state index contributed by atoms with van der Waals surface area (Å²) in [6, 6.07) is 1.70. The summed E-state index contributed by atoms with van der Waals surface area (Å²) in [5, 5.41) is 9.11. The largest absolute Gasteiger partial charge is 0.504 e. The highest BCUT2D eigenvalue weighted by Gasteiger charge is 2.21. The lowest BCUT2D eigenvalue weighted by Crippen LogP contribution is -2.13. The van der Waals surface area contributed by atoms with Crippen molar-refractivity contribution >= 4 is 27.3 Å². The Hall–Kier alpha value is -1.80. The fourth-order valence-corrected chi connectivity index (χ4v) is 2.80. The van der Waals surface area contributed by atoms with Crippen molar-refractivity contribution in [1.82, 2.24) is 9.55 Å². The van der Waals surface area contributed by atoms with Gasteiger partial charge in [0.15, 0.2) is 10.8 Å². The average molecular weight is 320 g/mol. The van der Waals surface area contributed by atoms with Crippen LogP contribution in [0.2, 0.25) is 5.02 Å². The third-order valence-electron chi connectivity index (χ3n) is 2.63. The van der Waals surface area contributed by atoms with Gasteiger partial charge in [0.25, 0.3) is 10.0 Å². The number of benzene rings is 1. The summed E-state index contributed by atoms with van der Waals surface area (Å²) in [4.78, 5) is 3.86. The molecule has 0 aliphatic heterocycles. The molecule has 0 bridgehead atoms. The molecule has 0 unspecified atom stereocenters. The number of imidazole rings is 1. The number of rotatable bonds is 3. The second-order valence-electron chi connectivity index (χ2n) is 4.13. The number of aromatic nitrogens is 2. The van der Waals surface area contributed by atoms with Gasteiger partial charge in [-0.05, 0) is 13.0 Å². The molecule has 0 aliphatic carbocycles. The molecule has 1 aromatic carbocycles. The van der Waals surface area contributed by atoms with Crippen LogP contribution in [0.3, 0.4) is 0 Å². The van der Waals surface area contributed by atoms with Crippen LogP contribution in [0.1, 0.15) is 5.82 Å². The van der Waals surface area contributed by atoms with Gasteiger partial charge < -0.3 is 9.67 Å². The van der Waals surface area contributed by atoms with Crippen molar-refractivity contribution in [3.8, 4) is 5.75 Å². The maximum Gasteiger partial charge on any atom is 0.281 e. The molecule has 1 heterocycles. The van der Waals surface area contributed by atoms with E-state index in [9.17, 15) is 17.9 Å². The van der Waals surface area contributed by atoms with Gasteiger partial charge in [0, 0.05) is 19.3 Å². The molecule has 0 amide bonds. The normalized spacial score (nSPS) is 11.6. The fraction of sp³-hybridized carbons (Fsp3) is 0.182. The summed E-state index contributed by atoms with van der Waals surface area (Å²) in [5.74, 6) is -0.834. The van der Waals surface area contributed by atoms with Gasteiger partial charge in [-0.1, -0.05) is 11.6 Å². The monoisotopic (exact) mass is 319 g/mol. The summed E-state index contributed by atoms with van der Waals surface area (Å²) in [5.41, 5.74) is -0.349. The maximum atomic E-state index is 13.2. The van der Waals surface area contributed by atoms with Crippen LogP contribution in [-0.4, -0.2) is 23.1 Å². The van der Waals surface area contributed by atoms with Crippen LogP contribution in [0, 0.1) is 12.7 Å². The molecule has 0 saturated carbocycles. The van der Waals surface area contributed by atoms with Crippen LogP contribution >= 0.6 is 11.6 Å². The van der Waals surface area contributed by atoms with E-state index in [0.717, 1.165) is 12.1 Å². The van der Waals surface area contributed by atoms with E-state index < -0.39 is 21.6 Å². The topological polar surface area (TPSA) is 84.2 Å². The van der Waals surface area contributed by atoms with Crippen molar-refractivity contribution in [2.75, 3.05) is 4.72 Å². The lowest BCUT2D eigenvalue weighted by Gasteiger charge is -2.09. The Kier molecular flexibility index (Phi) is 3.61. The van der Waals surface area contributed by atoms with Crippen molar-refractivity contribution in [1.29, 1.82) is 0 Å². The minimum absolute atomic E-state index is 0.239. The van der Waals surface area contributed by atoms with Crippen LogP contribution in [0.4, 0.5) is 10.1 Å². The second-order valence-corrected chi connectivity index (χ2v) is 6.16. The number of aromatic hydroxyl groups is 1. The lowest BCUT2D eigenvalue weighted by atomic mass is 10.3. The van der Waals surface area contributed by atoms with Gasteiger partial charge in [-0.2, -0.15) is 8.42 Å². The van der Waals surface area contributed by atoms with Crippen molar-refractivity contribution in [3.05, 3.63) is 35.0 Å². The summed E-state index contributed by atoms with van der Waals surface area (Å²) >= 11 is 5.58. The van der Waals surface area contributed by atoms with Crippen molar-refractivity contribution in [2.45, 2.75) is 11.9 Å². The molecule has 9 heteroatoms. The van der Waals surface area contributed by atoms with Crippen molar-refractivity contribution in [3.63, 3.8) is 0 Å². The molecule has 0 atom stereocenters. The Morgan fingerprint density at radius 2 is 2.10 bits per heavy atom. The fourth-order valence-electron chi connectivity index (χ4n) is 1.50. The second kappa shape index (κ2) is 4.95. The highest BCUT2D eigenvalue weighted by Crippen LogP contribution is 2.33. The SMILES string of the molecule is Cc1nc(S(=O)(=O)Nc2cc(F)cc(Cl)c2O)cn1C. The van der Waals surface area contributed by atoms with Gasteiger partial charge in [-0.3, -0.25) is 4.72 Å². The number of phenols is 1.